The number of nitrogens with zero attached hydrogens (tertiary/aromatic N) is 1. The number of benzene rings is 2. The average molecular weight is 421 g/mol. The van der Waals surface area contributed by atoms with Crippen LogP contribution >= 0.6 is 0 Å². The number of nitrogens with one attached hydrogen (secondary N) is 2. The molecule has 1 heterocycles. The second kappa shape index (κ2) is 9.47. The molecule has 162 valence electrons. The van der Waals surface area contributed by atoms with Gasteiger partial charge in [-0.3, -0.25) is 9.59 Å². The van der Waals surface area contributed by atoms with Gasteiger partial charge in [-0.15, -0.1) is 0 Å². The SMILES string of the molecule is CCN(CC)C(=O)c1ccc(NC(=O)COC(=O)c2cc3c(C)cc(C)cc3[nH]2)cc1. The molecule has 0 aliphatic rings. The van der Waals surface area contributed by atoms with Gasteiger partial charge in [-0.25, -0.2) is 4.79 Å². The number of aryl methyl sites for hydroxylation is 2. The van der Waals surface area contributed by atoms with Crippen LogP contribution in [0.25, 0.3) is 10.9 Å². The summed E-state index contributed by atoms with van der Waals surface area (Å²) in [5.74, 6) is -1.11. The van der Waals surface area contributed by atoms with E-state index < -0.39 is 18.5 Å². The van der Waals surface area contributed by atoms with E-state index in [2.05, 4.69) is 10.3 Å². The van der Waals surface area contributed by atoms with Gasteiger partial charge in [0.15, 0.2) is 6.61 Å². The van der Waals surface area contributed by atoms with Crippen LogP contribution in [0, 0.1) is 13.8 Å². The molecule has 0 atom stereocenters. The first kappa shape index (κ1) is 22.1. The third kappa shape index (κ3) is 5.12. The number of amides is 2. The summed E-state index contributed by atoms with van der Waals surface area (Å²) in [7, 11) is 0. The lowest BCUT2D eigenvalue weighted by Gasteiger charge is -2.18. The number of hydrogen-bond acceptors (Lipinski definition) is 4. The van der Waals surface area contributed by atoms with Crippen LogP contribution in [0.2, 0.25) is 0 Å². The van der Waals surface area contributed by atoms with E-state index in [1.165, 1.54) is 0 Å². The van der Waals surface area contributed by atoms with Gasteiger partial charge in [-0.05, 0) is 75.2 Å². The highest BCUT2D eigenvalue weighted by atomic mass is 16.5. The molecule has 2 N–H and O–H groups in total. The van der Waals surface area contributed by atoms with E-state index in [4.69, 9.17) is 4.74 Å². The molecule has 31 heavy (non-hydrogen) atoms. The lowest BCUT2D eigenvalue weighted by Crippen LogP contribution is -2.30. The number of aromatic amines is 1. The Bertz CT molecular complexity index is 1110. The molecule has 0 spiro atoms. The fourth-order valence-electron chi connectivity index (χ4n) is 3.50. The lowest BCUT2D eigenvalue weighted by molar-refractivity contribution is -0.119. The van der Waals surface area contributed by atoms with Crippen LogP contribution < -0.4 is 5.32 Å². The van der Waals surface area contributed by atoms with Gasteiger partial charge in [0.2, 0.25) is 0 Å². The number of ether oxygens (including phenoxy) is 1. The highest BCUT2D eigenvalue weighted by Gasteiger charge is 2.15. The summed E-state index contributed by atoms with van der Waals surface area (Å²) in [5.41, 5.74) is 4.39. The van der Waals surface area contributed by atoms with Crippen LogP contribution in [-0.4, -0.2) is 47.4 Å². The van der Waals surface area contributed by atoms with Crippen molar-refractivity contribution in [3.05, 3.63) is 64.8 Å². The second-order valence-corrected chi connectivity index (χ2v) is 7.41. The summed E-state index contributed by atoms with van der Waals surface area (Å²) >= 11 is 0. The quantitative estimate of drug-likeness (QED) is 0.563. The van der Waals surface area contributed by atoms with E-state index in [0.29, 0.717) is 30.0 Å². The fraction of sp³-hybridized carbons (Fsp3) is 0.292. The van der Waals surface area contributed by atoms with E-state index in [9.17, 15) is 14.4 Å². The zero-order valence-corrected chi connectivity index (χ0v) is 18.2. The minimum Gasteiger partial charge on any atom is -0.451 e. The lowest BCUT2D eigenvalue weighted by atomic mass is 10.1. The van der Waals surface area contributed by atoms with Crippen LogP contribution in [-0.2, 0) is 9.53 Å². The van der Waals surface area contributed by atoms with E-state index in [0.717, 1.165) is 22.0 Å². The van der Waals surface area contributed by atoms with Gasteiger partial charge in [0, 0.05) is 35.2 Å². The number of fused-ring (bicyclic) bond motifs is 1. The summed E-state index contributed by atoms with van der Waals surface area (Å²) in [5, 5.41) is 3.61. The molecule has 0 bridgehead atoms. The number of carbonyl (C=O) groups excluding carboxylic acids is 3. The summed E-state index contributed by atoms with van der Waals surface area (Å²) in [6, 6.07) is 12.4. The minimum absolute atomic E-state index is 0.0550. The summed E-state index contributed by atoms with van der Waals surface area (Å²) in [6.07, 6.45) is 0. The van der Waals surface area contributed by atoms with Gasteiger partial charge in [-0.2, -0.15) is 0 Å². The topological polar surface area (TPSA) is 91.5 Å². The maximum absolute atomic E-state index is 12.3. The highest BCUT2D eigenvalue weighted by molar-refractivity contribution is 5.99. The molecule has 0 aliphatic carbocycles. The van der Waals surface area contributed by atoms with Gasteiger partial charge < -0.3 is 19.9 Å². The molecule has 0 saturated carbocycles. The second-order valence-electron chi connectivity index (χ2n) is 7.41. The Morgan fingerprint density at radius 3 is 2.32 bits per heavy atom. The molecule has 7 nitrogen and oxygen atoms in total. The van der Waals surface area contributed by atoms with E-state index in [-0.39, 0.29) is 5.91 Å². The Hall–Kier alpha value is -3.61. The molecule has 2 amide bonds. The zero-order chi connectivity index (χ0) is 22.5. The first-order valence-corrected chi connectivity index (χ1v) is 10.3. The molecular formula is C24H27N3O4. The zero-order valence-electron chi connectivity index (χ0n) is 18.2. The maximum atomic E-state index is 12.3. The predicted octanol–water partition coefficient (Wildman–Crippen LogP) is 4.06. The molecular weight excluding hydrogens is 394 g/mol. The average Bonchev–Trinajstić information content (AvgIpc) is 3.18. The standard InChI is InChI=1S/C24H27N3O4/c1-5-27(6-2)23(29)17-7-9-18(10-8-17)25-22(28)14-31-24(30)21-13-19-16(4)11-15(3)12-20(19)26-21/h7-13,26H,5-6,14H2,1-4H3,(H,25,28). The molecule has 7 heteroatoms. The number of hydrogen-bond donors (Lipinski definition) is 2. The normalized spacial score (nSPS) is 10.7. The number of anilines is 1. The van der Waals surface area contributed by atoms with Gasteiger partial charge in [-0.1, -0.05) is 6.07 Å². The van der Waals surface area contributed by atoms with Crippen molar-refractivity contribution in [2.24, 2.45) is 0 Å². The first-order chi connectivity index (χ1) is 14.8. The maximum Gasteiger partial charge on any atom is 0.355 e. The fourth-order valence-corrected chi connectivity index (χ4v) is 3.50. The smallest absolute Gasteiger partial charge is 0.355 e. The Balaban J connectivity index is 1.57. The van der Waals surface area contributed by atoms with Crippen LogP contribution in [0.5, 0.6) is 0 Å². The van der Waals surface area contributed by atoms with Crippen molar-refractivity contribution in [2.75, 3.05) is 25.0 Å². The molecule has 0 aliphatic heterocycles. The monoisotopic (exact) mass is 421 g/mol. The van der Waals surface area contributed by atoms with Gasteiger partial charge in [0.1, 0.15) is 5.69 Å². The molecule has 1 aromatic heterocycles. The third-order valence-electron chi connectivity index (χ3n) is 5.11. The molecule has 2 aromatic carbocycles. The Morgan fingerprint density at radius 1 is 1.00 bits per heavy atom. The molecule has 0 unspecified atom stereocenters. The van der Waals surface area contributed by atoms with Gasteiger partial charge in [0.05, 0.1) is 0 Å². The Kier molecular flexibility index (Phi) is 6.74. The summed E-state index contributed by atoms with van der Waals surface area (Å²) in [6.45, 7) is 8.68. The van der Waals surface area contributed by atoms with E-state index in [1.807, 2.05) is 39.8 Å². The molecule has 3 rings (SSSR count). The van der Waals surface area contributed by atoms with Crippen LogP contribution in [0.15, 0.2) is 42.5 Å². The first-order valence-electron chi connectivity index (χ1n) is 10.3. The van der Waals surface area contributed by atoms with Crippen molar-refractivity contribution in [2.45, 2.75) is 27.7 Å². The van der Waals surface area contributed by atoms with Gasteiger partial charge in [0.25, 0.3) is 11.8 Å². The Labute approximate surface area is 181 Å². The van der Waals surface area contributed by atoms with Crippen molar-refractivity contribution in [1.29, 1.82) is 0 Å². The molecule has 3 aromatic rings. The Morgan fingerprint density at radius 2 is 1.68 bits per heavy atom. The van der Waals surface area contributed by atoms with E-state index >= 15 is 0 Å². The summed E-state index contributed by atoms with van der Waals surface area (Å²) in [4.78, 5) is 41.6. The number of rotatable bonds is 7. The third-order valence-corrected chi connectivity index (χ3v) is 5.11. The van der Waals surface area contributed by atoms with Crippen molar-refractivity contribution >= 4 is 34.4 Å². The van der Waals surface area contributed by atoms with Gasteiger partial charge >= 0.3 is 5.97 Å². The number of aromatic nitrogens is 1. The van der Waals surface area contributed by atoms with Crippen LogP contribution in [0.4, 0.5) is 5.69 Å². The van der Waals surface area contributed by atoms with Crippen LogP contribution in [0.1, 0.15) is 45.8 Å². The predicted molar refractivity (Wildman–Crippen MR) is 120 cm³/mol. The summed E-state index contributed by atoms with van der Waals surface area (Å²) < 4.78 is 5.14. The van der Waals surface area contributed by atoms with Crippen LogP contribution in [0.3, 0.4) is 0 Å². The highest BCUT2D eigenvalue weighted by Crippen LogP contribution is 2.22. The largest absolute Gasteiger partial charge is 0.451 e. The van der Waals surface area contributed by atoms with Crippen molar-refractivity contribution < 1.29 is 19.1 Å². The number of carbonyl (C=O) groups is 3. The number of esters is 1. The van der Waals surface area contributed by atoms with Crippen molar-refractivity contribution in [3.63, 3.8) is 0 Å². The molecule has 0 fully saturated rings. The van der Waals surface area contributed by atoms with Crippen molar-refractivity contribution in [3.8, 4) is 0 Å². The number of H-pyrrole nitrogens is 1. The van der Waals surface area contributed by atoms with E-state index in [1.54, 1.807) is 35.2 Å². The van der Waals surface area contributed by atoms with Crippen molar-refractivity contribution in [1.82, 2.24) is 9.88 Å². The minimum atomic E-state index is -0.594. The molecule has 0 radical (unpaired) electrons. The molecule has 0 saturated heterocycles.